The highest BCUT2D eigenvalue weighted by atomic mass is 16.2. The Balaban J connectivity index is 1.74. The summed E-state index contributed by atoms with van der Waals surface area (Å²) in [6, 6.07) is 0. The Bertz CT molecular complexity index is 921. The normalized spacial score (nSPS) is 21.2. The molecule has 2 fully saturated rings. The molecule has 1 aliphatic heterocycles. The number of hydrogen-bond acceptors (Lipinski definition) is 6. The van der Waals surface area contributed by atoms with E-state index in [-0.39, 0.29) is 5.54 Å². The summed E-state index contributed by atoms with van der Waals surface area (Å²) in [6.45, 7) is 6.28. The first-order valence-corrected chi connectivity index (χ1v) is 8.86. The molecule has 0 spiro atoms. The van der Waals surface area contributed by atoms with E-state index in [1.165, 1.54) is 6.20 Å². The van der Waals surface area contributed by atoms with Crippen LogP contribution in [0.1, 0.15) is 33.1 Å². The van der Waals surface area contributed by atoms with Gasteiger partial charge in [0.1, 0.15) is 5.39 Å². The van der Waals surface area contributed by atoms with Gasteiger partial charge in [-0.3, -0.25) is 14.3 Å². The molecule has 0 aromatic carbocycles. The van der Waals surface area contributed by atoms with E-state index >= 15 is 0 Å². The van der Waals surface area contributed by atoms with Crippen LogP contribution >= 0.6 is 0 Å². The van der Waals surface area contributed by atoms with Crippen LogP contribution in [0.15, 0.2) is 15.8 Å². The van der Waals surface area contributed by atoms with Gasteiger partial charge in [0.25, 0.3) is 5.56 Å². The first kappa shape index (κ1) is 16.3. The number of aromatic amines is 1. The number of rotatable bonds is 4. The lowest BCUT2D eigenvalue weighted by atomic mass is 9.88. The van der Waals surface area contributed by atoms with Gasteiger partial charge in [-0.2, -0.15) is 4.98 Å². The highest BCUT2D eigenvalue weighted by Crippen LogP contribution is 2.31. The van der Waals surface area contributed by atoms with Gasteiger partial charge in [-0.1, -0.05) is 0 Å². The topological polar surface area (TPSA) is 110 Å². The van der Waals surface area contributed by atoms with E-state index in [1.807, 2.05) is 13.8 Å². The highest BCUT2D eigenvalue weighted by molar-refractivity contribution is 5.74. The van der Waals surface area contributed by atoms with Gasteiger partial charge in [-0.25, -0.2) is 9.78 Å². The third kappa shape index (κ3) is 3.06. The van der Waals surface area contributed by atoms with Gasteiger partial charge in [0, 0.05) is 31.4 Å². The predicted octanol–water partition coefficient (Wildman–Crippen LogP) is 0.453. The number of anilines is 1. The summed E-state index contributed by atoms with van der Waals surface area (Å²) in [4.78, 5) is 37.8. The molecule has 2 aromatic heterocycles. The van der Waals surface area contributed by atoms with E-state index in [0.717, 1.165) is 32.4 Å². The molecule has 1 aliphatic carbocycles. The predicted molar refractivity (Wildman–Crippen MR) is 95.7 cm³/mol. The van der Waals surface area contributed by atoms with Crippen molar-refractivity contribution < 1.29 is 0 Å². The van der Waals surface area contributed by atoms with E-state index in [2.05, 4.69) is 19.9 Å². The lowest BCUT2D eigenvalue weighted by Gasteiger charge is -2.26. The van der Waals surface area contributed by atoms with Crippen LogP contribution in [0.4, 0.5) is 5.95 Å². The summed E-state index contributed by atoms with van der Waals surface area (Å²) in [5, 5.41) is 0.360. The van der Waals surface area contributed by atoms with Crippen LogP contribution in [0.25, 0.3) is 11.0 Å². The zero-order valence-corrected chi connectivity index (χ0v) is 14.7. The quantitative estimate of drug-likeness (QED) is 0.833. The average molecular weight is 344 g/mol. The van der Waals surface area contributed by atoms with Crippen molar-refractivity contribution in [3.05, 3.63) is 27.0 Å². The molecule has 0 amide bonds. The molecule has 1 atom stereocenters. The maximum absolute atomic E-state index is 12.3. The molecule has 1 saturated heterocycles. The van der Waals surface area contributed by atoms with Crippen LogP contribution in [-0.4, -0.2) is 38.1 Å². The van der Waals surface area contributed by atoms with Crippen LogP contribution in [-0.2, 0) is 6.54 Å². The maximum Gasteiger partial charge on any atom is 0.330 e. The van der Waals surface area contributed by atoms with Crippen molar-refractivity contribution in [1.82, 2.24) is 19.5 Å². The number of fused-ring (bicyclic) bond motifs is 1. The van der Waals surface area contributed by atoms with Gasteiger partial charge >= 0.3 is 5.69 Å². The second-order valence-electron chi connectivity index (χ2n) is 7.97. The summed E-state index contributed by atoms with van der Waals surface area (Å²) >= 11 is 0. The average Bonchev–Trinajstić information content (AvgIpc) is 3.21. The molecule has 3 heterocycles. The first-order chi connectivity index (χ1) is 11.8. The molecule has 4 rings (SSSR count). The summed E-state index contributed by atoms with van der Waals surface area (Å²) < 4.78 is 1.58. The van der Waals surface area contributed by atoms with Crippen molar-refractivity contribution in [3.8, 4) is 0 Å². The zero-order chi connectivity index (χ0) is 17.8. The Hall–Kier alpha value is -2.22. The molecule has 8 heteroatoms. The zero-order valence-electron chi connectivity index (χ0n) is 14.7. The Kier molecular flexibility index (Phi) is 3.68. The summed E-state index contributed by atoms with van der Waals surface area (Å²) in [7, 11) is 0. The minimum atomic E-state index is -0.430. The Morgan fingerprint density at radius 2 is 2.08 bits per heavy atom. The molecule has 3 N–H and O–H groups in total. The third-order valence-electron chi connectivity index (χ3n) is 5.38. The number of nitrogens with one attached hydrogen (secondary N) is 1. The Labute approximate surface area is 145 Å². The summed E-state index contributed by atoms with van der Waals surface area (Å²) in [5.41, 5.74) is 5.60. The highest BCUT2D eigenvalue weighted by Gasteiger charge is 2.33. The lowest BCUT2D eigenvalue weighted by Crippen LogP contribution is -2.42. The molecular formula is C17H24N6O2. The van der Waals surface area contributed by atoms with Gasteiger partial charge in [0.2, 0.25) is 5.95 Å². The minimum Gasteiger partial charge on any atom is -0.340 e. The smallest absolute Gasteiger partial charge is 0.330 e. The number of nitrogens with two attached hydrogens (primary N) is 1. The van der Waals surface area contributed by atoms with Crippen molar-refractivity contribution in [2.45, 2.75) is 45.2 Å². The molecule has 0 radical (unpaired) electrons. The maximum atomic E-state index is 12.3. The molecule has 8 nitrogen and oxygen atoms in total. The number of aromatic nitrogens is 4. The monoisotopic (exact) mass is 344 g/mol. The fourth-order valence-corrected chi connectivity index (χ4v) is 3.49. The van der Waals surface area contributed by atoms with E-state index < -0.39 is 11.2 Å². The Morgan fingerprint density at radius 1 is 1.32 bits per heavy atom. The van der Waals surface area contributed by atoms with Crippen LogP contribution in [0.5, 0.6) is 0 Å². The molecule has 25 heavy (non-hydrogen) atoms. The first-order valence-electron chi connectivity index (χ1n) is 8.86. The van der Waals surface area contributed by atoms with Gasteiger partial charge in [-0.05, 0) is 44.9 Å². The van der Waals surface area contributed by atoms with E-state index in [0.29, 0.717) is 35.4 Å². The third-order valence-corrected chi connectivity index (χ3v) is 5.38. The number of nitrogens with zero attached hydrogens (tertiary/aromatic N) is 4. The van der Waals surface area contributed by atoms with E-state index in [9.17, 15) is 9.59 Å². The minimum absolute atomic E-state index is 0.253. The summed E-state index contributed by atoms with van der Waals surface area (Å²) in [5.74, 6) is 1.42. The molecule has 1 unspecified atom stereocenters. The second kappa shape index (κ2) is 5.66. The van der Waals surface area contributed by atoms with Crippen LogP contribution < -0.4 is 21.9 Å². The second-order valence-corrected chi connectivity index (χ2v) is 7.97. The summed E-state index contributed by atoms with van der Waals surface area (Å²) in [6.07, 6.45) is 4.74. The largest absolute Gasteiger partial charge is 0.340 e. The van der Waals surface area contributed by atoms with Crippen LogP contribution in [0, 0.1) is 11.8 Å². The van der Waals surface area contributed by atoms with Gasteiger partial charge in [-0.15, -0.1) is 0 Å². The number of H-pyrrole nitrogens is 1. The van der Waals surface area contributed by atoms with E-state index in [4.69, 9.17) is 5.73 Å². The molecular weight excluding hydrogens is 320 g/mol. The molecule has 2 aliphatic rings. The van der Waals surface area contributed by atoms with Crippen molar-refractivity contribution in [2.75, 3.05) is 18.0 Å². The fourth-order valence-electron chi connectivity index (χ4n) is 3.49. The van der Waals surface area contributed by atoms with Crippen molar-refractivity contribution in [1.29, 1.82) is 0 Å². The number of hydrogen-bond donors (Lipinski definition) is 2. The standard InChI is InChI=1S/C17H24N6O2/c1-17(2,18)11-5-6-22(9-11)15-19-7-12-13(20-15)23(8-10-3-4-10)16(25)21-14(12)24/h7,10-11H,3-6,8-9,18H2,1-2H3,(H,21,24,25). The van der Waals surface area contributed by atoms with Crippen molar-refractivity contribution in [2.24, 2.45) is 17.6 Å². The molecule has 2 aromatic rings. The lowest BCUT2D eigenvalue weighted by molar-refractivity contribution is 0.348. The molecule has 1 saturated carbocycles. The van der Waals surface area contributed by atoms with Gasteiger partial charge < -0.3 is 10.6 Å². The van der Waals surface area contributed by atoms with Crippen molar-refractivity contribution in [3.63, 3.8) is 0 Å². The Morgan fingerprint density at radius 3 is 2.72 bits per heavy atom. The molecule has 134 valence electrons. The fraction of sp³-hybridized carbons (Fsp3) is 0.647. The molecule has 0 bridgehead atoms. The van der Waals surface area contributed by atoms with Gasteiger partial charge in [0.05, 0.1) is 0 Å². The van der Waals surface area contributed by atoms with E-state index in [1.54, 1.807) is 4.57 Å². The van der Waals surface area contributed by atoms with Crippen LogP contribution in [0.3, 0.4) is 0 Å². The SMILES string of the molecule is CC(C)(N)C1CCN(c2ncc3c(=O)[nH]c(=O)n(CC4CC4)c3n2)C1. The van der Waals surface area contributed by atoms with Gasteiger partial charge in [0.15, 0.2) is 5.65 Å². The van der Waals surface area contributed by atoms with Crippen LogP contribution in [0.2, 0.25) is 0 Å². The van der Waals surface area contributed by atoms with Crippen molar-refractivity contribution >= 4 is 17.0 Å².